The van der Waals surface area contributed by atoms with Crippen LogP contribution in [0.3, 0.4) is 0 Å². The van der Waals surface area contributed by atoms with Gasteiger partial charge in [-0.05, 0) is 13.0 Å². The average molecular weight is 253 g/mol. The number of carboxylic acids is 1. The van der Waals surface area contributed by atoms with Gasteiger partial charge in [0.15, 0.2) is 0 Å². The molecule has 0 aliphatic rings. The molecule has 0 aliphatic carbocycles. The molecule has 0 saturated carbocycles. The lowest BCUT2D eigenvalue weighted by Crippen LogP contribution is -2.25. The van der Waals surface area contributed by atoms with Gasteiger partial charge in [-0.15, -0.1) is 0 Å². The normalized spacial score (nSPS) is 11.1. The molecular weight excluding hydrogens is 234 g/mol. The summed E-state index contributed by atoms with van der Waals surface area (Å²) >= 11 is 0. The lowest BCUT2D eigenvalue weighted by molar-refractivity contribution is -0.131. The quantitative estimate of drug-likeness (QED) is 0.763. The van der Waals surface area contributed by atoms with Crippen LogP contribution in [0.15, 0.2) is 6.08 Å². The maximum Gasteiger partial charge on any atom is 0.328 e. The Hall–Kier alpha value is -1.82. The lowest BCUT2D eigenvalue weighted by atomic mass is 10.2. The molecule has 1 aromatic heterocycles. The largest absolute Gasteiger partial charge is 0.478 e. The molecule has 0 fully saturated rings. The molecule has 0 bridgehead atoms. The predicted octanol–water partition coefficient (Wildman–Crippen LogP) is 0.909. The maximum absolute atomic E-state index is 10.6. The highest BCUT2D eigenvalue weighted by molar-refractivity contribution is 5.87. The van der Waals surface area contributed by atoms with E-state index in [1.54, 1.807) is 17.9 Å². The second kappa shape index (κ2) is 6.20. The number of carboxylic acid groups (broad SMARTS) is 1. The number of hydrogen-bond acceptors (Lipinski definition) is 4. The van der Waals surface area contributed by atoms with E-state index in [1.807, 2.05) is 25.9 Å². The van der Waals surface area contributed by atoms with Crippen molar-refractivity contribution in [1.29, 1.82) is 0 Å². The summed E-state index contributed by atoms with van der Waals surface area (Å²) in [5.41, 5.74) is 1.62. The third-order valence-corrected chi connectivity index (χ3v) is 2.62. The minimum atomic E-state index is -0.969. The number of anilines is 1. The monoisotopic (exact) mass is 253 g/mol. The first kappa shape index (κ1) is 14.2. The third kappa shape index (κ3) is 3.33. The Kier molecular flexibility index (Phi) is 4.91. The molecule has 18 heavy (non-hydrogen) atoms. The summed E-state index contributed by atoms with van der Waals surface area (Å²) in [5.74, 6) is -0.0919. The minimum absolute atomic E-state index is 0.600. The van der Waals surface area contributed by atoms with E-state index in [-0.39, 0.29) is 0 Å². The molecular formula is C12H19N3O3. The summed E-state index contributed by atoms with van der Waals surface area (Å²) < 4.78 is 6.78. The van der Waals surface area contributed by atoms with Gasteiger partial charge >= 0.3 is 5.97 Å². The minimum Gasteiger partial charge on any atom is -0.478 e. The van der Waals surface area contributed by atoms with Crippen LogP contribution < -0.4 is 4.90 Å². The molecule has 0 radical (unpaired) electrons. The van der Waals surface area contributed by atoms with Crippen LogP contribution in [0.25, 0.3) is 6.08 Å². The number of hydrogen-bond donors (Lipinski definition) is 1. The lowest BCUT2D eigenvalue weighted by Gasteiger charge is -2.19. The van der Waals surface area contributed by atoms with Crippen LogP contribution >= 0.6 is 0 Å². The van der Waals surface area contributed by atoms with Crippen LogP contribution in [-0.2, 0) is 16.6 Å². The van der Waals surface area contributed by atoms with Crippen LogP contribution in [0, 0.1) is 6.92 Å². The van der Waals surface area contributed by atoms with E-state index >= 15 is 0 Å². The number of ether oxygens (including phenoxy) is 1. The molecule has 0 spiro atoms. The van der Waals surface area contributed by atoms with Crippen molar-refractivity contribution in [2.75, 3.05) is 32.2 Å². The summed E-state index contributed by atoms with van der Waals surface area (Å²) in [4.78, 5) is 12.6. The second-order valence-electron chi connectivity index (χ2n) is 4.03. The van der Waals surface area contributed by atoms with E-state index in [9.17, 15) is 4.79 Å². The molecule has 6 heteroatoms. The highest BCUT2D eigenvalue weighted by Gasteiger charge is 2.14. The van der Waals surface area contributed by atoms with Gasteiger partial charge in [-0.3, -0.25) is 4.68 Å². The summed E-state index contributed by atoms with van der Waals surface area (Å²) in [6.07, 6.45) is 2.70. The van der Waals surface area contributed by atoms with Crippen LogP contribution in [0.2, 0.25) is 0 Å². The van der Waals surface area contributed by atoms with Gasteiger partial charge in [0.2, 0.25) is 0 Å². The average Bonchev–Trinajstić information content (AvgIpc) is 2.58. The summed E-state index contributed by atoms with van der Waals surface area (Å²) in [5, 5.41) is 13.0. The Morgan fingerprint density at radius 1 is 1.61 bits per heavy atom. The number of likely N-dealkylation sites (N-methyl/N-ethyl adjacent to an activating group) is 1. The number of rotatable bonds is 6. The molecule has 0 atom stereocenters. The zero-order valence-corrected chi connectivity index (χ0v) is 11.2. The van der Waals surface area contributed by atoms with Crippen molar-refractivity contribution < 1.29 is 14.6 Å². The van der Waals surface area contributed by atoms with Crippen molar-refractivity contribution in [3.63, 3.8) is 0 Å². The second-order valence-corrected chi connectivity index (χ2v) is 4.03. The first-order valence-corrected chi connectivity index (χ1v) is 5.62. The molecule has 1 heterocycles. The molecule has 0 unspecified atom stereocenters. The molecule has 1 aromatic rings. The zero-order chi connectivity index (χ0) is 13.7. The molecule has 1 N–H and O–H groups in total. The van der Waals surface area contributed by atoms with Crippen LogP contribution in [0.1, 0.15) is 11.3 Å². The highest BCUT2D eigenvalue weighted by Crippen LogP contribution is 2.23. The first-order valence-electron chi connectivity index (χ1n) is 5.62. The van der Waals surface area contributed by atoms with Crippen LogP contribution in [0.5, 0.6) is 0 Å². The Morgan fingerprint density at radius 2 is 2.28 bits per heavy atom. The van der Waals surface area contributed by atoms with Crippen molar-refractivity contribution in [3.05, 3.63) is 17.3 Å². The Balaban J connectivity index is 3.05. The molecule has 0 aliphatic heterocycles. The van der Waals surface area contributed by atoms with E-state index in [4.69, 9.17) is 9.84 Å². The summed E-state index contributed by atoms with van der Waals surface area (Å²) in [6.45, 7) is 3.17. The predicted molar refractivity (Wildman–Crippen MR) is 69.8 cm³/mol. The van der Waals surface area contributed by atoms with Gasteiger partial charge in [-0.2, -0.15) is 5.10 Å². The van der Waals surface area contributed by atoms with E-state index in [2.05, 4.69) is 5.10 Å². The fourth-order valence-corrected chi connectivity index (χ4v) is 1.80. The number of aromatic nitrogens is 2. The topological polar surface area (TPSA) is 67.6 Å². The Bertz CT molecular complexity index is 452. The van der Waals surface area contributed by atoms with E-state index in [0.717, 1.165) is 23.2 Å². The van der Waals surface area contributed by atoms with Crippen molar-refractivity contribution in [2.24, 2.45) is 7.05 Å². The van der Waals surface area contributed by atoms with E-state index < -0.39 is 5.97 Å². The Labute approximate surface area is 106 Å². The maximum atomic E-state index is 10.6. The van der Waals surface area contributed by atoms with Gasteiger partial charge in [-0.25, -0.2) is 4.79 Å². The molecule has 6 nitrogen and oxygen atoms in total. The number of aliphatic carboxylic acids is 1. The number of nitrogens with zero attached hydrogens (tertiary/aromatic N) is 3. The standard InChI is InChI=1S/C12H19N3O3/c1-9-10(5-6-11(16)17)12(15(3)13-9)14(2)7-8-18-4/h5-6H,7-8H2,1-4H3,(H,16,17). The third-order valence-electron chi connectivity index (χ3n) is 2.62. The SMILES string of the molecule is COCCN(C)c1c(C=CC(=O)O)c(C)nn1C. The zero-order valence-electron chi connectivity index (χ0n) is 11.2. The first-order chi connectivity index (χ1) is 8.47. The van der Waals surface area contributed by atoms with Crippen LogP contribution in [-0.4, -0.2) is 48.2 Å². The molecule has 100 valence electrons. The van der Waals surface area contributed by atoms with Gasteiger partial charge in [0, 0.05) is 39.4 Å². The van der Waals surface area contributed by atoms with E-state index in [0.29, 0.717) is 13.2 Å². The van der Waals surface area contributed by atoms with Crippen molar-refractivity contribution in [2.45, 2.75) is 6.92 Å². The van der Waals surface area contributed by atoms with Gasteiger partial charge in [-0.1, -0.05) is 0 Å². The Morgan fingerprint density at radius 3 is 2.83 bits per heavy atom. The van der Waals surface area contributed by atoms with Crippen molar-refractivity contribution in [1.82, 2.24) is 9.78 Å². The molecule has 1 rings (SSSR count). The van der Waals surface area contributed by atoms with Crippen LogP contribution in [0.4, 0.5) is 5.82 Å². The van der Waals surface area contributed by atoms with Gasteiger partial charge in [0.25, 0.3) is 0 Å². The highest BCUT2D eigenvalue weighted by atomic mass is 16.5. The smallest absolute Gasteiger partial charge is 0.328 e. The number of methoxy groups -OCH3 is 1. The number of carbonyl (C=O) groups is 1. The molecule has 0 saturated heterocycles. The molecule has 0 amide bonds. The summed E-state index contributed by atoms with van der Waals surface area (Å²) in [6, 6.07) is 0. The van der Waals surface area contributed by atoms with Crippen molar-refractivity contribution in [3.8, 4) is 0 Å². The van der Waals surface area contributed by atoms with Gasteiger partial charge in [0.05, 0.1) is 12.3 Å². The number of aryl methyl sites for hydroxylation is 2. The van der Waals surface area contributed by atoms with Gasteiger partial charge in [0.1, 0.15) is 5.82 Å². The van der Waals surface area contributed by atoms with Gasteiger partial charge < -0.3 is 14.7 Å². The van der Waals surface area contributed by atoms with E-state index in [1.165, 1.54) is 0 Å². The fourth-order valence-electron chi connectivity index (χ4n) is 1.80. The summed E-state index contributed by atoms with van der Waals surface area (Å²) in [7, 11) is 5.41. The van der Waals surface area contributed by atoms with Crippen molar-refractivity contribution >= 4 is 17.9 Å². The molecule has 0 aromatic carbocycles. The fraction of sp³-hybridized carbons (Fsp3) is 0.500.